The summed E-state index contributed by atoms with van der Waals surface area (Å²) in [5.41, 5.74) is 2.82. The molecule has 0 saturated heterocycles. The number of nitrogens with one attached hydrogen (secondary N) is 3. The molecule has 0 aromatic heterocycles. The minimum atomic E-state index is -0.228. The largest absolute Gasteiger partial charge is 0.489 e. The van der Waals surface area contributed by atoms with E-state index in [9.17, 15) is 9.59 Å². The maximum Gasteiger partial charge on any atom is 0.251 e. The number of carbonyl (C=O) groups is 2. The van der Waals surface area contributed by atoms with Crippen LogP contribution in [0.5, 0.6) is 5.75 Å². The minimum absolute atomic E-state index is 0.0404. The summed E-state index contributed by atoms with van der Waals surface area (Å²) in [5.74, 6) is 0.178. The molecule has 3 rings (SSSR count). The summed E-state index contributed by atoms with van der Waals surface area (Å²) < 4.78 is 11.0. The fourth-order valence-electron chi connectivity index (χ4n) is 3.30. The van der Waals surface area contributed by atoms with Crippen molar-refractivity contribution in [2.24, 2.45) is 0 Å². The van der Waals surface area contributed by atoms with E-state index < -0.39 is 0 Å². The molecule has 1 unspecified atom stereocenters. The molecule has 0 saturated carbocycles. The van der Waals surface area contributed by atoms with Crippen LogP contribution in [-0.4, -0.2) is 38.2 Å². The molecular formula is C27H31N3O4. The van der Waals surface area contributed by atoms with Gasteiger partial charge in [-0.05, 0) is 49.7 Å². The van der Waals surface area contributed by atoms with E-state index >= 15 is 0 Å². The summed E-state index contributed by atoms with van der Waals surface area (Å²) in [6, 6.07) is 24.0. The second-order valence-electron chi connectivity index (χ2n) is 7.63. The van der Waals surface area contributed by atoms with Gasteiger partial charge < -0.3 is 25.4 Å². The van der Waals surface area contributed by atoms with Gasteiger partial charge in [0.05, 0.1) is 24.9 Å². The van der Waals surface area contributed by atoms with E-state index in [1.165, 1.54) is 0 Å². The summed E-state index contributed by atoms with van der Waals surface area (Å²) in [5, 5.41) is 8.93. The normalized spacial score (nSPS) is 11.4. The van der Waals surface area contributed by atoms with Crippen molar-refractivity contribution in [3.63, 3.8) is 0 Å². The number of hydrogen-bond acceptors (Lipinski definition) is 5. The predicted octanol–water partition coefficient (Wildman–Crippen LogP) is 4.64. The average molecular weight is 462 g/mol. The quantitative estimate of drug-likeness (QED) is 0.342. The van der Waals surface area contributed by atoms with Crippen LogP contribution < -0.4 is 20.7 Å². The standard InChI is InChI=1S/C27H31N3O4/c1-3-33-16-17-34-25-15-8-7-14-24(25)30-26(31)19-28-23-13-9-12-22(18-23)27(32)29-20(2)21-10-5-4-6-11-21/h4-15,18,20,28H,3,16-17,19H2,1-2H3,(H,29,32)(H,30,31). The maximum atomic E-state index is 12.7. The lowest BCUT2D eigenvalue weighted by Crippen LogP contribution is -2.27. The fourth-order valence-corrected chi connectivity index (χ4v) is 3.30. The van der Waals surface area contributed by atoms with Crippen LogP contribution in [0.1, 0.15) is 35.8 Å². The van der Waals surface area contributed by atoms with Gasteiger partial charge in [-0.1, -0.05) is 48.5 Å². The molecule has 2 amide bonds. The molecule has 0 heterocycles. The van der Waals surface area contributed by atoms with Gasteiger partial charge in [-0.2, -0.15) is 0 Å². The lowest BCUT2D eigenvalue weighted by Gasteiger charge is -2.15. The number of ether oxygens (including phenoxy) is 2. The number of carbonyl (C=O) groups excluding carboxylic acids is 2. The van der Waals surface area contributed by atoms with Crippen molar-refractivity contribution < 1.29 is 19.1 Å². The molecule has 3 aromatic rings. The second kappa shape index (κ2) is 13.0. The summed E-state index contributed by atoms with van der Waals surface area (Å²) >= 11 is 0. The van der Waals surface area contributed by atoms with E-state index in [2.05, 4.69) is 16.0 Å². The minimum Gasteiger partial charge on any atom is -0.489 e. The average Bonchev–Trinajstić information content (AvgIpc) is 2.87. The molecule has 1 atom stereocenters. The first-order valence-corrected chi connectivity index (χ1v) is 11.4. The van der Waals surface area contributed by atoms with Crippen LogP contribution in [-0.2, 0) is 9.53 Å². The molecule has 7 heteroatoms. The molecular weight excluding hydrogens is 430 g/mol. The van der Waals surface area contributed by atoms with E-state index in [1.807, 2.05) is 62.4 Å². The number of anilines is 2. The summed E-state index contributed by atoms with van der Waals surface area (Å²) in [6.07, 6.45) is 0. The highest BCUT2D eigenvalue weighted by Crippen LogP contribution is 2.23. The van der Waals surface area contributed by atoms with Gasteiger partial charge in [-0.3, -0.25) is 9.59 Å². The predicted molar refractivity (Wildman–Crippen MR) is 134 cm³/mol. The zero-order valence-corrected chi connectivity index (χ0v) is 19.5. The van der Waals surface area contributed by atoms with Crippen molar-refractivity contribution in [3.8, 4) is 5.75 Å². The monoisotopic (exact) mass is 461 g/mol. The molecule has 0 aliphatic carbocycles. The number of rotatable bonds is 12. The Morgan fingerprint density at radius 2 is 1.68 bits per heavy atom. The molecule has 0 fully saturated rings. The van der Waals surface area contributed by atoms with Crippen LogP contribution in [0, 0.1) is 0 Å². The first kappa shape index (κ1) is 24.8. The van der Waals surface area contributed by atoms with Crippen LogP contribution in [0.15, 0.2) is 78.9 Å². The highest BCUT2D eigenvalue weighted by Gasteiger charge is 2.12. The Kier molecular flexibility index (Phi) is 9.49. The van der Waals surface area contributed by atoms with Crippen LogP contribution in [0.3, 0.4) is 0 Å². The van der Waals surface area contributed by atoms with Gasteiger partial charge in [0.1, 0.15) is 12.4 Å². The van der Waals surface area contributed by atoms with Gasteiger partial charge in [0.15, 0.2) is 0 Å². The Morgan fingerprint density at radius 1 is 0.912 bits per heavy atom. The van der Waals surface area contributed by atoms with Gasteiger partial charge >= 0.3 is 0 Å². The Labute approximate surface area is 200 Å². The Morgan fingerprint density at radius 3 is 2.47 bits per heavy atom. The van der Waals surface area contributed by atoms with E-state index in [-0.39, 0.29) is 24.4 Å². The highest BCUT2D eigenvalue weighted by molar-refractivity contribution is 5.97. The fraction of sp³-hybridized carbons (Fsp3) is 0.259. The second-order valence-corrected chi connectivity index (χ2v) is 7.63. The van der Waals surface area contributed by atoms with Crippen molar-refractivity contribution in [2.75, 3.05) is 37.0 Å². The van der Waals surface area contributed by atoms with Crippen LogP contribution in [0.2, 0.25) is 0 Å². The molecule has 34 heavy (non-hydrogen) atoms. The summed E-state index contributed by atoms with van der Waals surface area (Å²) in [6.45, 7) is 5.42. The van der Waals surface area contributed by atoms with Crippen molar-refractivity contribution >= 4 is 23.2 Å². The molecule has 0 aliphatic heterocycles. The summed E-state index contributed by atoms with van der Waals surface area (Å²) in [7, 11) is 0. The molecule has 0 bridgehead atoms. The zero-order valence-electron chi connectivity index (χ0n) is 19.5. The third kappa shape index (κ3) is 7.64. The molecule has 3 N–H and O–H groups in total. The van der Waals surface area contributed by atoms with Crippen molar-refractivity contribution in [1.29, 1.82) is 0 Å². The summed E-state index contributed by atoms with van der Waals surface area (Å²) in [4.78, 5) is 25.2. The van der Waals surface area contributed by atoms with Gasteiger partial charge in [-0.15, -0.1) is 0 Å². The number of para-hydroxylation sites is 2. The Hall–Kier alpha value is -3.84. The van der Waals surface area contributed by atoms with E-state index in [0.29, 0.717) is 42.5 Å². The van der Waals surface area contributed by atoms with Gasteiger partial charge in [-0.25, -0.2) is 0 Å². The van der Waals surface area contributed by atoms with E-state index in [1.54, 1.807) is 30.3 Å². The Bertz CT molecular complexity index is 1070. The van der Waals surface area contributed by atoms with E-state index in [4.69, 9.17) is 9.47 Å². The van der Waals surface area contributed by atoms with Crippen LogP contribution >= 0.6 is 0 Å². The molecule has 0 aliphatic rings. The van der Waals surface area contributed by atoms with Crippen molar-refractivity contribution in [1.82, 2.24) is 5.32 Å². The molecule has 0 radical (unpaired) electrons. The van der Waals surface area contributed by atoms with Crippen molar-refractivity contribution in [2.45, 2.75) is 19.9 Å². The van der Waals surface area contributed by atoms with Gasteiger partial charge in [0.2, 0.25) is 5.91 Å². The number of amides is 2. The third-order valence-corrected chi connectivity index (χ3v) is 5.08. The third-order valence-electron chi connectivity index (χ3n) is 5.08. The first-order valence-electron chi connectivity index (χ1n) is 11.4. The lowest BCUT2D eigenvalue weighted by molar-refractivity contribution is -0.114. The van der Waals surface area contributed by atoms with Gasteiger partial charge in [0.25, 0.3) is 5.91 Å². The number of benzene rings is 3. The first-order chi connectivity index (χ1) is 16.6. The number of hydrogen-bond donors (Lipinski definition) is 3. The lowest BCUT2D eigenvalue weighted by atomic mass is 10.1. The SMILES string of the molecule is CCOCCOc1ccccc1NC(=O)CNc1cccc(C(=O)NC(C)c2ccccc2)c1. The molecule has 178 valence electrons. The smallest absolute Gasteiger partial charge is 0.251 e. The van der Waals surface area contributed by atoms with Crippen LogP contribution in [0.25, 0.3) is 0 Å². The highest BCUT2D eigenvalue weighted by atomic mass is 16.5. The van der Waals surface area contributed by atoms with Gasteiger partial charge in [0, 0.05) is 17.9 Å². The molecule has 3 aromatic carbocycles. The van der Waals surface area contributed by atoms with Crippen molar-refractivity contribution in [3.05, 3.63) is 90.0 Å². The Balaban J connectivity index is 1.53. The van der Waals surface area contributed by atoms with E-state index in [0.717, 1.165) is 5.56 Å². The maximum absolute atomic E-state index is 12.7. The molecule has 7 nitrogen and oxygen atoms in total. The van der Waals surface area contributed by atoms with Crippen LogP contribution in [0.4, 0.5) is 11.4 Å². The molecule has 0 spiro atoms. The zero-order chi connectivity index (χ0) is 24.2. The topological polar surface area (TPSA) is 88.7 Å².